The van der Waals surface area contributed by atoms with Crippen molar-refractivity contribution in [2.75, 3.05) is 0 Å². The van der Waals surface area contributed by atoms with Gasteiger partial charge in [0, 0.05) is 23.0 Å². The summed E-state index contributed by atoms with van der Waals surface area (Å²) in [6, 6.07) is 11.8. The number of aromatic nitrogens is 1. The Balaban J connectivity index is 1.84. The normalized spacial score (nSPS) is 11.4. The fourth-order valence-corrected chi connectivity index (χ4v) is 2.90. The quantitative estimate of drug-likeness (QED) is 0.574. The SMILES string of the molecule is Cc1[nH]c(C)c(-c2ccc(Oc3cccc(OC(F)(F)F)c3)cc2)c(=O)c1Cl. The second-order valence-corrected chi connectivity index (χ2v) is 6.42. The molecule has 28 heavy (non-hydrogen) atoms. The molecule has 0 atom stereocenters. The molecule has 0 saturated carbocycles. The molecule has 0 unspecified atom stereocenters. The first-order chi connectivity index (χ1) is 13.1. The van der Waals surface area contributed by atoms with Crippen LogP contribution in [0.15, 0.2) is 53.3 Å². The van der Waals surface area contributed by atoms with Crippen molar-refractivity contribution in [3.63, 3.8) is 0 Å². The van der Waals surface area contributed by atoms with Crippen LogP contribution in [0.2, 0.25) is 5.02 Å². The maximum Gasteiger partial charge on any atom is 0.573 e. The van der Waals surface area contributed by atoms with Gasteiger partial charge in [-0.1, -0.05) is 29.8 Å². The number of hydrogen-bond acceptors (Lipinski definition) is 3. The van der Waals surface area contributed by atoms with Crippen molar-refractivity contribution in [2.45, 2.75) is 20.2 Å². The summed E-state index contributed by atoms with van der Waals surface area (Å²) in [5.74, 6) is 0.195. The molecule has 1 heterocycles. The number of H-pyrrole nitrogens is 1. The summed E-state index contributed by atoms with van der Waals surface area (Å²) in [5, 5.41) is 0.127. The fraction of sp³-hybridized carbons (Fsp3) is 0.150. The van der Waals surface area contributed by atoms with Crippen molar-refractivity contribution in [1.82, 2.24) is 4.98 Å². The first-order valence-corrected chi connectivity index (χ1v) is 8.55. The molecule has 146 valence electrons. The second-order valence-electron chi connectivity index (χ2n) is 6.04. The second kappa shape index (κ2) is 7.59. The Morgan fingerprint density at radius 3 is 2.21 bits per heavy atom. The average Bonchev–Trinajstić information content (AvgIpc) is 2.60. The fourth-order valence-electron chi connectivity index (χ4n) is 2.76. The van der Waals surface area contributed by atoms with Crippen LogP contribution in [0.25, 0.3) is 11.1 Å². The van der Waals surface area contributed by atoms with Gasteiger partial charge < -0.3 is 14.5 Å². The number of aryl methyl sites for hydroxylation is 2. The highest BCUT2D eigenvalue weighted by atomic mass is 35.5. The Kier molecular flexibility index (Phi) is 5.38. The molecular formula is C20H15ClF3NO3. The molecule has 1 aromatic heterocycles. The molecule has 8 heteroatoms. The molecule has 1 N–H and O–H groups in total. The number of nitrogens with one attached hydrogen (secondary N) is 1. The first kappa shape index (κ1) is 19.8. The summed E-state index contributed by atoms with van der Waals surface area (Å²) in [6.45, 7) is 3.49. The summed E-state index contributed by atoms with van der Waals surface area (Å²) in [6.07, 6.45) is -4.78. The minimum absolute atomic E-state index is 0.127. The number of pyridine rings is 1. The lowest BCUT2D eigenvalue weighted by Gasteiger charge is -2.12. The number of halogens is 4. The van der Waals surface area contributed by atoms with Crippen LogP contribution in [0.4, 0.5) is 13.2 Å². The Hall–Kier alpha value is -2.93. The van der Waals surface area contributed by atoms with Gasteiger partial charge in [-0.15, -0.1) is 13.2 Å². The van der Waals surface area contributed by atoms with Crippen LogP contribution in [0.1, 0.15) is 11.4 Å². The minimum Gasteiger partial charge on any atom is -0.457 e. The third-order valence-electron chi connectivity index (χ3n) is 3.92. The smallest absolute Gasteiger partial charge is 0.457 e. The van der Waals surface area contributed by atoms with Gasteiger partial charge in [0.1, 0.15) is 22.3 Å². The van der Waals surface area contributed by atoms with Crippen LogP contribution in [-0.2, 0) is 0 Å². The Morgan fingerprint density at radius 2 is 1.57 bits per heavy atom. The van der Waals surface area contributed by atoms with E-state index in [0.29, 0.717) is 28.3 Å². The van der Waals surface area contributed by atoms with Gasteiger partial charge in [-0.05, 0) is 43.7 Å². The van der Waals surface area contributed by atoms with Crippen molar-refractivity contribution >= 4 is 11.6 Å². The molecule has 0 bridgehead atoms. The summed E-state index contributed by atoms with van der Waals surface area (Å²) >= 11 is 6.04. The summed E-state index contributed by atoms with van der Waals surface area (Å²) in [7, 11) is 0. The highest BCUT2D eigenvalue weighted by molar-refractivity contribution is 6.31. The zero-order valence-electron chi connectivity index (χ0n) is 14.9. The number of benzene rings is 2. The average molecular weight is 410 g/mol. The standard InChI is InChI=1S/C20H15ClF3NO3/c1-11-17(19(26)18(21)12(2)25-11)13-6-8-14(9-7-13)27-15-4-3-5-16(10-15)28-20(22,23)24/h3-10H,1-2H3,(H,25,26). The van der Waals surface area contributed by atoms with Crippen molar-refractivity contribution in [3.8, 4) is 28.4 Å². The lowest BCUT2D eigenvalue weighted by atomic mass is 10.0. The maximum atomic E-state index is 12.4. The number of rotatable bonds is 4. The van der Waals surface area contributed by atoms with Crippen LogP contribution in [0.3, 0.4) is 0 Å². The number of aromatic amines is 1. The zero-order valence-corrected chi connectivity index (χ0v) is 15.6. The molecule has 0 spiro atoms. The molecule has 3 rings (SSSR count). The van der Waals surface area contributed by atoms with Crippen LogP contribution in [-0.4, -0.2) is 11.3 Å². The van der Waals surface area contributed by atoms with E-state index in [-0.39, 0.29) is 22.0 Å². The number of ether oxygens (including phenoxy) is 2. The summed E-state index contributed by atoms with van der Waals surface area (Å²) in [5.41, 5.74) is 2.08. The molecule has 0 saturated heterocycles. The minimum atomic E-state index is -4.78. The van der Waals surface area contributed by atoms with Crippen LogP contribution in [0.5, 0.6) is 17.2 Å². The van der Waals surface area contributed by atoms with Crippen molar-refractivity contribution < 1.29 is 22.6 Å². The molecule has 0 amide bonds. The highest BCUT2D eigenvalue weighted by Gasteiger charge is 2.31. The molecule has 3 aromatic rings. The Labute approximate surface area is 163 Å². The van der Waals surface area contributed by atoms with Gasteiger partial charge in [-0.2, -0.15) is 0 Å². The highest BCUT2D eigenvalue weighted by Crippen LogP contribution is 2.30. The Morgan fingerprint density at radius 1 is 0.929 bits per heavy atom. The number of hydrogen-bond donors (Lipinski definition) is 1. The van der Waals surface area contributed by atoms with Crippen LogP contribution >= 0.6 is 11.6 Å². The molecule has 0 fully saturated rings. The van der Waals surface area contributed by atoms with Crippen molar-refractivity contribution in [2.24, 2.45) is 0 Å². The van der Waals surface area contributed by atoms with E-state index in [1.54, 1.807) is 38.1 Å². The summed E-state index contributed by atoms with van der Waals surface area (Å²) in [4.78, 5) is 15.5. The van der Waals surface area contributed by atoms with Crippen molar-refractivity contribution in [1.29, 1.82) is 0 Å². The van der Waals surface area contributed by atoms with Crippen molar-refractivity contribution in [3.05, 3.63) is 75.2 Å². The van der Waals surface area contributed by atoms with E-state index in [1.165, 1.54) is 18.2 Å². The number of alkyl halides is 3. The predicted octanol–water partition coefficient (Wildman–Crippen LogP) is 6.00. The topological polar surface area (TPSA) is 51.3 Å². The van der Waals surface area contributed by atoms with Gasteiger partial charge in [0.05, 0.1) is 0 Å². The van der Waals surface area contributed by atoms with Gasteiger partial charge >= 0.3 is 6.36 Å². The van der Waals surface area contributed by atoms with Gasteiger partial charge in [0.25, 0.3) is 0 Å². The monoisotopic (exact) mass is 409 g/mol. The lowest BCUT2D eigenvalue weighted by molar-refractivity contribution is -0.274. The van der Waals surface area contributed by atoms with Gasteiger partial charge in [0.15, 0.2) is 0 Å². The third-order valence-corrected chi connectivity index (χ3v) is 4.38. The molecule has 0 aliphatic heterocycles. The molecular weight excluding hydrogens is 395 g/mol. The van der Waals surface area contributed by atoms with Gasteiger partial charge in [-0.25, -0.2) is 0 Å². The maximum absolute atomic E-state index is 12.4. The summed E-state index contributed by atoms with van der Waals surface area (Å²) < 4.78 is 46.4. The largest absolute Gasteiger partial charge is 0.573 e. The van der Waals surface area contributed by atoms with Gasteiger partial charge in [0.2, 0.25) is 5.43 Å². The third kappa shape index (κ3) is 4.48. The van der Waals surface area contributed by atoms with E-state index < -0.39 is 6.36 Å². The van der Waals surface area contributed by atoms with E-state index in [0.717, 1.165) is 6.07 Å². The molecule has 0 aliphatic carbocycles. The molecule has 2 aromatic carbocycles. The van der Waals surface area contributed by atoms with E-state index in [4.69, 9.17) is 16.3 Å². The van der Waals surface area contributed by atoms with E-state index in [2.05, 4.69) is 9.72 Å². The molecule has 0 aliphatic rings. The van der Waals surface area contributed by atoms with Crippen LogP contribution < -0.4 is 14.9 Å². The zero-order chi connectivity index (χ0) is 20.5. The molecule has 0 radical (unpaired) electrons. The predicted molar refractivity (Wildman–Crippen MR) is 100 cm³/mol. The molecule has 4 nitrogen and oxygen atoms in total. The first-order valence-electron chi connectivity index (χ1n) is 8.17. The van der Waals surface area contributed by atoms with E-state index in [1.807, 2.05) is 0 Å². The Bertz CT molecular complexity index is 1060. The lowest BCUT2D eigenvalue weighted by Crippen LogP contribution is -2.17. The van der Waals surface area contributed by atoms with Crippen LogP contribution in [0, 0.1) is 13.8 Å². The van der Waals surface area contributed by atoms with E-state index in [9.17, 15) is 18.0 Å². The van der Waals surface area contributed by atoms with Gasteiger partial charge in [-0.3, -0.25) is 4.79 Å². The van der Waals surface area contributed by atoms with E-state index >= 15 is 0 Å².